The highest BCUT2D eigenvalue weighted by Crippen LogP contribution is 2.38. The second-order valence-electron chi connectivity index (χ2n) is 10.6. The summed E-state index contributed by atoms with van der Waals surface area (Å²) in [5.41, 5.74) is 9.15. The summed E-state index contributed by atoms with van der Waals surface area (Å²) in [6.07, 6.45) is 7.22. The highest BCUT2D eigenvalue weighted by molar-refractivity contribution is 6.91. The van der Waals surface area contributed by atoms with Crippen LogP contribution in [0.3, 0.4) is 0 Å². The predicted octanol–water partition coefficient (Wildman–Crippen LogP) is 6.75. The summed E-state index contributed by atoms with van der Waals surface area (Å²) in [6, 6.07) is 12.4. The van der Waals surface area contributed by atoms with Gasteiger partial charge in [-0.15, -0.1) is 0 Å². The molecule has 0 heterocycles. The van der Waals surface area contributed by atoms with Crippen LogP contribution < -0.4 is 10.4 Å². The van der Waals surface area contributed by atoms with E-state index in [1.807, 2.05) is 0 Å². The molecular weight excluding hydrogens is 368 g/mol. The number of aryl methyl sites for hydroxylation is 1. The molecule has 0 nitrogen and oxygen atoms in total. The molecule has 0 bridgehead atoms. The largest absolute Gasteiger partial charge is 0.0776 e. The molecule has 0 spiro atoms. The first-order valence-corrected chi connectivity index (χ1v) is 18.0. The fourth-order valence-electron chi connectivity index (χ4n) is 4.28. The van der Waals surface area contributed by atoms with Crippen LogP contribution in [0.5, 0.6) is 0 Å². The van der Waals surface area contributed by atoms with E-state index in [-0.39, 0.29) is 0 Å². The van der Waals surface area contributed by atoms with Crippen LogP contribution in [-0.2, 0) is 12.8 Å². The summed E-state index contributed by atoms with van der Waals surface area (Å²) in [5.74, 6) is 0. The van der Waals surface area contributed by atoms with Crippen LogP contribution >= 0.6 is 0 Å². The van der Waals surface area contributed by atoms with Crippen LogP contribution in [0, 0.1) is 0 Å². The third kappa shape index (κ3) is 4.28. The zero-order chi connectivity index (χ0) is 20.7. The van der Waals surface area contributed by atoms with Crippen molar-refractivity contribution in [2.24, 2.45) is 0 Å². The Morgan fingerprint density at radius 3 is 1.93 bits per heavy atom. The Morgan fingerprint density at radius 2 is 1.43 bits per heavy atom. The van der Waals surface area contributed by atoms with E-state index in [4.69, 9.17) is 0 Å². The molecular formula is C26H38Si2. The highest BCUT2D eigenvalue weighted by atomic mass is 28.3. The van der Waals surface area contributed by atoms with Gasteiger partial charge in [0.15, 0.2) is 0 Å². The maximum absolute atomic E-state index is 2.55. The van der Waals surface area contributed by atoms with Gasteiger partial charge in [0.25, 0.3) is 0 Å². The monoisotopic (exact) mass is 406 g/mol. The summed E-state index contributed by atoms with van der Waals surface area (Å²) in [7, 11) is -2.76. The number of fused-ring (bicyclic) bond motifs is 1. The lowest BCUT2D eigenvalue weighted by molar-refractivity contribution is 0.886. The van der Waals surface area contributed by atoms with Gasteiger partial charge in [0.05, 0.1) is 16.1 Å². The standard InChI is InChI=1S/C26H38Si2/c1-9-11-19-14-21-13-12-20(10-2)26(25(21)15-19)22-16-23(27(3,4)5)18-24(17-22)28(6,7)8/h12-13,15-18H,9-11,14H2,1-8H3. The van der Waals surface area contributed by atoms with Gasteiger partial charge >= 0.3 is 0 Å². The predicted molar refractivity (Wildman–Crippen MR) is 134 cm³/mol. The molecule has 0 aromatic heterocycles. The molecule has 0 unspecified atom stereocenters. The highest BCUT2D eigenvalue weighted by Gasteiger charge is 2.25. The average molecular weight is 407 g/mol. The van der Waals surface area contributed by atoms with Gasteiger partial charge in [0.1, 0.15) is 0 Å². The summed E-state index contributed by atoms with van der Waals surface area (Å²) < 4.78 is 0. The summed E-state index contributed by atoms with van der Waals surface area (Å²) in [5, 5.41) is 3.22. The van der Waals surface area contributed by atoms with Gasteiger partial charge in [-0.25, -0.2) is 0 Å². The number of benzene rings is 2. The third-order valence-electron chi connectivity index (χ3n) is 6.09. The van der Waals surface area contributed by atoms with Crippen molar-refractivity contribution in [3.63, 3.8) is 0 Å². The molecule has 0 saturated heterocycles. The van der Waals surface area contributed by atoms with Gasteiger partial charge < -0.3 is 0 Å². The molecule has 2 aromatic rings. The molecule has 0 amide bonds. The number of rotatable bonds is 6. The topological polar surface area (TPSA) is 0 Å². The Kier molecular flexibility index (Phi) is 5.94. The van der Waals surface area contributed by atoms with E-state index in [0.717, 1.165) is 12.8 Å². The smallest absolute Gasteiger partial charge is 0.0656 e. The minimum absolute atomic E-state index is 1.10. The van der Waals surface area contributed by atoms with E-state index in [9.17, 15) is 0 Å². The maximum Gasteiger partial charge on any atom is 0.0776 e. The average Bonchev–Trinajstić information content (AvgIpc) is 3.01. The van der Waals surface area contributed by atoms with Gasteiger partial charge in [-0.2, -0.15) is 0 Å². The molecule has 0 fully saturated rings. The van der Waals surface area contributed by atoms with Crippen LogP contribution in [0.25, 0.3) is 17.2 Å². The quantitative estimate of drug-likeness (QED) is 0.466. The zero-order valence-corrected chi connectivity index (χ0v) is 21.3. The lowest BCUT2D eigenvalue weighted by atomic mass is 9.91. The number of hydrogen-bond acceptors (Lipinski definition) is 0. The van der Waals surface area contributed by atoms with E-state index in [1.165, 1.54) is 40.7 Å². The second kappa shape index (κ2) is 7.80. The van der Waals surface area contributed by atoms with E-state index in [2.05, 4.69) is 89.5 Å². The lowest BCUT2D eigenvalue weighted by Gasteiger charge is -2.25. The molecule has 150 valence electrons. The summed E-state index contributed by atoms with van der Waals surface area (Å²) in [6.45, 7) is 19.5. The molecule has 0 radical (unpaired) electrons. The van der Waals surface area contributed by atoms with Crippen molar-refractivity contribution in [1.29, 1.82) is 0 Å². The maximum atomic E-state index is 2.55. The van der Waals surface area contributed by atoms with E-state index in [1.54, 1.807) is 15.9 Å². The van der Waals surface area contributed by atoms with Crippen LogP contribution in [0.1, 0.15) is 43.4 Å². The first kappa shape index (κ1) is 21.3. The Balaban J connectivity index is 2.28. The van der Waals surface area contributed by atoms with E-state index in [0.29, 0.717) is 0 Å². The van der Waals surface area contributed by atoms with Crippen molar-refractivity contribution in [3.8, 4) is 11.1 Å². The second-order valence-corrected chi connectivity index (χ2v) is 20.7. The molecule has 1 aliphatic rings. The minimum Gasteiger partial charge on any atom is -0.0656 e. The van der Waals surface area contributed by atoms with Crippen LogP contribution in [-0.4, -0.2) is 16.1 Å². The van der Waals surface area contributed by atoms with Crippen molar-refractivity contribution >= 4 is 32.6 Å². The number of allylic oxidation sites excluding steroid dienone is 1. The lowest BCUT2D eigenvalue weighted by Crippen LogP contribution is -2.45. The molecule has 2 heteroatoms. The molecule has 2 aromatic carbocycles. The van der Waals surface area contributed by atoms with Gasteiger partial charge in [-0.1, -0.05) is 112 Å². The number of hydrogen-bond donors (Lipinski definition) is 0. The van der Waals surface area contributed by atoms with E-state index >= 15 is 0 Å². The molecule has 0 N–H and O–H groups in total. The van der Waals surface area contributed by atoms with Crippen LogP contribution in [0.4, 0.5) is 0 Å². The van der Waals surface area contributed by atoms with Crippen molar-refractivity contribution in [2.45, 2.75) is 78.8 Å². The Hall–Kier alpha value is -1.39. The van der Waals surface area contributed by atoms with E-state index < -0.39 is 16.1 Å². The fourth-order valence-corrected chi connectivity index (χ4v) is 6.78. The molecule has 1 aliphatic carbocycles. The van der Waals surface area contributed by atoms with Crippen molar-refractivity contribution in [3.05, 3.63) is 52.6 Å². The van der Waals surface area contributed by atoms with Crippen molar-refractivity contribution in [1.82, 2.24) is 0 Å². The molecule has 28 heavy (non-hydrogen) atoms. The SMILES string of the molecule is CCCC1=Cc2c(ccc(CC)c2-c2cc([Si](C)(C)C)cc([Si](C)(C)C)c2)C1. The van der Waals surface area contributed by atoms with Crippen molar-refractivity contribution < 1.29 is 0 Å². The molecule has 0 aliphatic heterocycles. The third-order valence-corrected chi connectivity index (χ3v) is 10.1. The summed E-state index contributed by atoms with van der Waals surface area (Å²) in [4.78, 5) is 0. The minimum atomic E-state index is -1.38. The van der Waals surface area contributed by atoms with Crippen LogP contribution in [0.2, 0.25) is 39.3 Å². The first-order valence-electron chi connectivity index (χ1n) is 11.0. The fraction of sp³-hybridized carbons (Fsp3) is 0.462. The van der Waals surface area contributed by atoms with Gasteiger partial charge in [0, 0.05) is 0 Å². The van der Waals surface area contributed by atoms with Gasteiger partial charge in [-0.3, -0.25) is 0 Å². The Morgan fingerprint density at radius 1 is 0.821 bits per heavy atom. The van der Waals surface area contributed by atoms with Crippen LogP contribution in [0.15, 0.2) is 35.9 Å². The molecule has 3 rings (SSSR count). The van der Waals surface area contributed by atoms with Gasteiger partial charge in [-0.05, 0) is 47.1 Å². The summed E-state index contributed by atoms with van der Waals surface area (Å²) >= 11 is 0. The molecule has 0 atom stereocenters. The molecule has 0 saturated carbocycles. The first-order chi connectivity index (χ1) is 13.0. The Labute approximate surface area is 175 Å². The van der Waals surface area contributed by atoms with Crippen molar-refractivity contribution in [2.75, 3.05) is 0 Å². The Bertz CT molecular complexity index is 873. The zero-order valence-electron chi connectivity index (χ0n) is 19.3. The van der Waals surface area contributed by atoms with Gasteiger partial charge in [0.2, 0.25) is 0 Å². The normalized spacial score (nSPS) is 14.2.